The Bertz CT molecular complexity index is 1490. The van der Waals surface area contributed by atoms with Gasteiger partial charge in [0.05, 0.1) is 41.1 Å². The Hall–Kier alpha value is -3.14. The number of hydrogen-bond donors (Lipinski definition) is 1. The van der Waals surface area contributed by atoms with Crippen LogP contribution in [0.1, 0.15) is 57.0 Å². The second-order valence-electron chi connectivity index (χ2n) is 11.9. The van der Waals surface area contributed by atoms with Crippen LogP contribution in [0.2, 0.25) is 0 Å². The van der Waals surface area contributed by atoms with Crippen molar-refractivity contribution in [3.63, 3.8) is 0 Å². The van der Waals surface area contributed by atoms with Crippen molar-refractivity contribution in [1.29, 1.82) is 0 Å². The van der Waals surface area contributed by atoms with Crippen molar-refractivity contribution >= 4 is 27.9 Å². The summed E-state index contributed by atoms with van der Waals surface area (Å²) in [7, 11) is 0. The number of ether oxygens (including phenoxy) is 1. The third-order valence-electron chi connectivity index (χ3n) is 8.58. The van der Waals surface area contributed by atoms with E-state index in [0.29, 0.717) is 31.0 Å². The molecule has 0 amide bonds. The Morgan fingerprint density at radius 1 is 0.872 bits per heavy atom. The highest BCUT2D eigenvalue weighted by molar-refractivity contribution is 5.87. The number of aromatic nitrogens is 5. The highest BCUT2D eigenvalue weighted by atomic mass is 16.5. The normalized spacial score (nSPS) is 19.8. The quantitative estimate of drug-likeness (QED) is 0.401. The van der Waals surface area contributed by atoms with E-state index < -0.39 is 5.60 Å². The third kappa shape index (κ3) is 4.88. The molecular formula is C30H37N7O2. The monoisotopic (exact) mass is 527 g/mol. The van der Waals surface area contributed by atoms with Crippen LogP contribution in [0, 0.1) is 5.92 Å². The van der Waals surface area contributed by atoms with Gasteiger partial charge in [-0.1, -0.05) is 12.1 Å². The third-order valence-corrected chi connectivity index (χ3v) is 8.58. The average Bonchev–Trinajstić information content (AvgIpc) is 3.72. The number of pyridine rings is 1. The van der Waals surface area contributed by atoms with Gasteiger partial charge in [-0.3, -0.25) is 9.47 Å². The van der Waals surface area contributed by atoms with Crippen molar-refractivity contribution < 1.29 is 9.84 Å². The molecule has 3 aromatic heterocycles. The number of likely N-dealkylation sites (tertiary alicyclic amines) is 1. The summed E-state index contributed by atoms with van der Waals surface area (Å²) in [6.07, 6.45) is 4.33. The van der Waals surface area contributed by atoms with Gasteiger partial charge in [0.1, 0.15) is 11.3 Å². The molecule has 2 aliphatic heterocycles. The smallest absolute Gasteiger partial charge is 0.238 e. The highest BCUT2D eigenvalue weighted by Gasteiger charge is 2.32. The minimum absolute atomic E-state index is 0.345. The van der Waals surface area contributed by atoms with Gasteiger partial charge in [0, 0.05) is 25.6 Å². The summed E-state index contributed by atoms with van der Waals surface area (Å²) in [5, 5.41) is 10.4. The summed E-state index contributed by atoms with van der Waals surface area (Å²) in [4.78, 5) is 25.1. The number of piperidine rings is 1. The van der Waals surface area contributed by atoms with E-state index in [1.54, 1.807) is 0 Å². The number of hydrogen-bond acceptors (Lipinski definition) is 8. The summed E-state index contributed by atoms with van der Waals surface area (Å²) < 4.78 is 7.83. The largest absolute Gasteiger partial charge is 0.390 e. The van der Waals surface area contributed by atoms with Crippen molar-refractivity contribution in [2.75, 3.05) is 44.3 Å². The molecule has 204 valence electrons. The van der Waals surface area contributed by atoms with Gasteiger partial charge in [-0.15, -0.1) is 0 Å². The maximum absolute atomic E-state index is 10.4. The number of morpholine rings is 1. The molecule has 0 unspecified atom stereocenters. The molecule has 1 aliphatic carbocycles. The molecule has 2 saturated heterocycles. The number of nitrogens with zero attached hydrogens (tertiary/aromatic N) is 7. The second-order valence-corrected chi connectivity index (χ2v) is 11.9. The molecule has 1 N–H and O–H groups in total. The first-order chi connectivity index (χ1) is 18.9. The first-order valence-corrected chi connectivity index (χ1v) is 14.4. The lowest BCUT2D eigenvalue weighted by atomic mass is 9.83. The van der Waals surface area contributed by atoms with Crippen molar-refractivity contribution in [3.05, 3.63) is 47.9 Å². The number of imidazole rings is 1. The number of anilines is 1. The fraction of sp³-hybridized carbons (Fsp3) is 0.533. The van der Waals surface area contributed by atoms with E-state index in [9.17, 15) is 5.11 Å². The predicted octanol–water partition coefficient (Wildman–Crippen LogP) is 4.06. The fourth-order valence-electron chi connectivity index (χ4n) is 6.11. The van der Waals surface area contributed by atoms with Crippen LogP contribution in [0.4, 0.5) is 5.82 Å². The topological polar surface area (TPSA) is 92.4 Å². The first-order valence-electron chi connectivity index (χ1n) is 14.4. The summed E-state index contributed by atoms with van der Waals surface area (Å²) in [5.41, 5.74) is 4.15. The van der Waals surface area contributed by atoms with Gasteiger partial charge in [-0.2, -0.15) is 4.98 Å². The number of aliphatic hydroxyl groups is 1. The van der Waals surface area contributed by atoms with Crippen LogP contribution in [0.15, 0.2) is 36.4 Å². The molecule has 0 spiro atoms. The summed E-state index contributed by atoms with van der Waals surface area (Å²) in [5.74, 6) is 3.41. The van der Waals surface area contributed by atoms with Crippen LogP contribution in [0.3, 0.4) is 0 Å². The van der Waals surface area contributed by atoms with Crippen LogP contribution < -0.4 is 4.90 Å². The second kappa shape index (κ2) is 9.80. The van der Waals surface area contributed by atoms with Crippen molar-refractivity contribution in [1.82, 2.24) is 29.4 Å². The zero-order valence-corrected chi connectivity index (χ0v) is 22.9. The van der Waals surface area contributed by atoms with Gasteiger partial charge in [-0.25, -0.2) is 15.0 Å². The van der Waals surface area contributed by atoms with Crippen molar-refractivity contribution in [3.8, 4) is 5.95 Å². The van der Waals surface area contributed by atoms with E-state index in [1.165, 1.54) is 0 Å². The summed E-state index contributed by atoms with van der Waals surface area (Å²) in [6.45, 7) is 9.51. The van der Waals surface area contributed by atoms with E-state index in [4.69, 9.17) is 24.7 Å². The molecule has 7 rings (SSSR count). The summed E-state index contributed by atoms with van der Waals surface area (Å²) in [6, 6.07) is 12.5. The van der Waals surface area contributed by atoms with Gasteiger partial charge >= 0.3 is 0 Å². The number of rotatable bonds is 6. The Balaban J connectivity index is 1.27. The summed E-state index contributed by atoms with van der Waals surface area (Å²) >= 11 is 0. The van der Waals surface area contributed by atoms with Crippen LogP contribution in [0.25, 0.3) is 28.0 Å². The van der Waals surface area contributed by atoms with Crippen molar-refractivity contribution in [2.24, 2.45) is 5.92 Å². The standard InChI is InChI=1S/C30H37N7O2/c1-30(2,38)21-11-13-35(14-12-21)19-22-9-10-24-26(31-22)28(36-15-17-39-18-16-36)34-29(33-24)37-25-6-4-3-5-23(25)32-27(37)20-7-8-20/h3-6,9-10,20-21,38H,7-8,11-19H2,1-2H3. The van der Waals surface area contributed by atoms with E-state index in [1.807, 2.05) is 19.9 Å². The molecule has 4 aromatic rings. The van der Waals surface area contributed by atoms with Crippen LogP contribution >= 0.6 is 0 Å². The Morgan fingerprint density at radius 2 is 1.64 bits per heavy atom. The molecule has 5 heterocycles. The molecule has 1 saturated carbocycles. The lowest BCUT2D eigenvalue weighted by molar-refractivity contribution is -0.0137. The highest BCUT2D eigenvalue weighted by Crippen LogP contribution is 2.42. The average molecular weight is 528 g/mol. The SMILES string of the molecule is CC(C)(O)C1CCN(Cc2ccc3nc(-n4c(C5CC5)nc5ccccc54)nc(N4CCOCC4)c3n2)CC1. The number of benzene rings is 1. The molecule has 3 aliphatic rings. The minimum Gasteiger partial charge on any atom is -0.390 e. The molecule has 39 heavy (non-hydrogen) atoms. The van der Waals surface area contributed by atoms with Crippen LogP contribution in [-0.2, 0) is 11.3 Å². The molecular weight excluding hydrogens is 490 g/mol. The van der Waals surface area contributed by atoms with Crippen molar-refractivity contribution in [2.45, 2.75) is 57.6 Å². The van der Waals surface area contributed by atoms with E-state index >= 15 is 0 Å². The van der Waals surface area contributed by atoms with Gasteiger partial charge in [-0.05, 0) is 82.8 Å². The lowest BCUT2D eigenvalue weighted by Crippen LogP contribution is -2.41. The van der Waals surface area contributed by atoms with Crippen LogP contribution in [0.5, 0.6) is 0 Å². The predicted molar refractivity (Wildman–Crippen MR) is 151 cm³/mol. The maximum Gasteiger partial charge on any atom is 0.238 e. The van der Waals surface area contributed by atoms with E-state index in [2.05, 4.69) is 44.7 Å². The Labute approximate surface area is 228 Å². The molecule has 3 fully saturated rings. The Morgan fingerprint density at radius 3 is 2.38 bits per heavy atom. The van der Waals surface area contributed by atoms with E-state index in [-0.39, 0.29) is 0 Å². The maximum atomic E-state index is 10.4. The first kappa shape index (κ1) is 24.9. The fourth-order valence-corrected chi connectivity index (χ4v) is 6.11. The lowest BCUT2D eigenvalue weighted by Gasteiger charge is -2.37. The van der Waals surface area contributed by atoms with E-state index in [0.717, 1.165) is 97.8 Å². The number of para-hydroxylation sites is 2. The molecule has 9 heteroatoms. The zero-order chi connectivity index (χ0) is 26.6. The molecule has 0 radical (unpaired) electrons. The molecule has 1 aromatic carbocycles. The molecule has 0 atom stereocenters. The van der Waals surface area contributed by atoms with Crippen LogP contribution in [-0.4, -0.2) is 79.5 Å². The number of fused-ring (bicyclic) bond motifs is 2. The van der Waals surface area contributed by atoms with Gasteiger partial charge in [0.15, 0.2) is 5.82 Å². The zero-order valence-electron chi connectivity index (χ0n) is 22.9. The molecule has 0 bridgehead atoms. The minimum atomic E-state index is -0.616. The van der Waals surface area contributed by atoms with Gasteiger partial charge < -0.3 is 14.7 Å². The van der Waals surface area contributed by atoms with Gasteiger partial charge in [0.25, 0.3) is 0 Å². The Kier molecular flexibility index (Phi) is 6.25. The molecule has 9 nitrogen and oxygen atoms in total. The van der Waals surface area contributed by atoms with Gasteiger partial charge in [0.2, 0.25) is 5.95 Å².